The van der Waals surface area contributed by atoms with Crippen LogP contribution in [0.1, 0.15) is 57.5 Å². The van der Waals surface area contributed by atoms with Crippen molar-refractivity contribution in [1.82, 2.24) is 9.80 Å². The van der Waals surface area contributed by atoms with E-state index in [0.717, 1.165) is 36.9 Å². The minimum absolute atomic E-state index is 0.121. The minimum Gasteiger partial charge on any atom is -0.486 e. The van der Waals surface area contributed by atoms with Crippen LogP contribution >= 0.6 is 0 Å². The van der Waals surface area contributed by atoms with Crippen LogP contribution in [0.4, 0.5) is 0 Å². The number of carbonyl (C=O) groups is 2. The van der Waals surface area contributed by atoms with E-state index in [1.54, 1.807) is 17.0 Å². The van der Waals surface area contributed by atoms with E-state index in [0.29, 0.717) is 43.6 Å². The molecule has 3 aliphatic rings. The molecular weight excluding hydrogens is 468 g/mol. The molecule has 3 aromatic rings. The van der Waals surface area contributed by atoms with Crippen LogP contribution in [0.25, 0.3) is 0 Å². The third-order valence-electron chi connectivity index (χ3n) is 7.50. The Hall–Kier alpha value is -3.58. The van der Waals surface area contributed by atoms with Gasteiger partial charge in [0.2, 0.25) is 5.91 Å². The highest BCUT2D eigenvalue weighted by Crippen LogP contribution is 2.41. The number of aryl methyl sites for hydroxylation is 1. The summed E-state index contributed by atoms with van der Waals surface area (Å²) < 4.78 is 17.2. The first-order chi connectivity index (χ1) is 18.1. The van der Waals surface area contributed by atoms with Crippen LogP contribution in [0.15, 0.2) is 59.0 Å². The fourth-order valence-electron chi connectivity index (χ4n) is 5.24. The van der Waals surface area contributed by atoms with Crippen LogP contribution in [-0.4, -0.2) is 54.5 Å². The first-order valence-electron chi connectivity index (χ1n) is 13.2. The fraction of sp³-hybridized carbons (Fsp3) is 0.400. The lowest BCUT2D eigenvalue weighted by Crippen LogP contribution is -2.41. The second-order valence-electron chi connectivity index (χ2n) is 10.2. The maximum Gasteiger partial charge on any atom is 0.289 e. The maximum absolute atomic E-state index is 13.2. The van der Waals surface area contributed by atoms with Gasteiger partial charge < -0.3 is 23.7 Å². The molecule has 7 nitrogen and oxygen atoms in total. The van der Waals surface area contributed by atoms with Gasteiger partial charge in [-0.3, -0.25) is 9.59 Å². The third-order valence-corrected chi connectivity index (χ3v) is 7.50. The van der Waals surface area contributed by atoms with Crippen LogP contribution in [0.5, 0.6) is 5.75 Å². The number of rotatable bonds is 6. The Morgan fingerprint density at radius 2 is 1.76 bits per heavy atom. The van der Waals surface area contributed by atoms with Crippen LogP contribution in [0, 0.1) is 12.8 Å². The molecule has 0 spiro atoms. The zero-order chi connectivity index (χ0) is 25.4. The number of nitrogens with zero attached hydrogens (tertiary/aromatic N) is 2. The van der Waals surface area contributed by atoms with Crippen LogP contribution in [0.3, 0.4) is 0 Å². The number of hydrogen-bond donors (Lipinski definition) is 0. The normalized spacial score (nSPS) is 19.4. The fourth-order valence-corrected chi connectivity index (χ4v) is 5.24. The number of carbonyl (C=O) groups excluding carboxylic acids is 2. The zero-order valence-corrected chi connectivity index (χ0v) is 21.2. The number of benzene rings is 2. The molecule has 3 heterocycles. The van der Waals surface area contributed by atoms with Crippen LogP contribution in [0.2, 0.25) is 0 Å². The summed E-state index contributed by atoms with van der Waals surface area (Å²) in [7, 11) is 0. The molecule has 0 unspecified atom stereocenters. The van der Waals surface area contributed by atoms with Gasteiger partial charge in [-0.15, -0.1) is 0 Å². The highest BCUT2D eigenvalue weighted by molar-refractivity contribution is 5.91. The van der Waals surface area contributed by atoms with E-state index >= 15 is 0 Å². The molecular formula is C30H32N2O5. The highest BCUT2D eigenvalue weighted by atomic mass is 16.5. The summed E-state index contributed by atoms with van der Waals surface area (Å²) in [6.07, 6.45) is 2.82. The quantitative estimate of drug-likeness (QED) is 0.498. The van der Waals surface area contributed by atoms with Gasteiger partial charge in [0.05, 0.1) is 19.3 Å². The van der Waals surface area contributed by atoms with Crippen molar-refractivity contribution in [2.45, 2.75) is 38.8 Å². The van der Waals surface area contributed by atoms with Crippen LogP contribution in [-0.2, 0) is 22.6 Å². The largest absolute Gasteiger partial charge is 0.486 e. The molecule has 2 amide bonds. The molecule has 0 bridgehead atoms. The van der Waals surface area contributed by atoms with Crippen LogP contribution < -0.4 is 4.74 Å². The molecule has 1 saturated heterocycles. The minimum atomic E-state index is -0.123. The second kappa shape index (κ2) is 10.1. The number of hydrogen-bond acceptors (Lipinski definition) is 5. The summed E-state index contributed by atoms with van der Waals surface area (Å²) in [4.78, 5) is 29.7. The van der Waals surface area contributed by atoms with Crippen molar-refractivity contribution in [3.8, 4) is 5.75 Å². The molecule has 0 N–H and O–H groups in total. The Bertz CT molecular complexity index is 1290. The Morgan fingerprint density at radius 1 is 0.973 bits per heavy atom. The van der Waals surface area contributed by atoms with Gasteiger partial charge in [-0.2, -0.15) is 0 Å². The lowest BCUT2D eigenvalue weighted by atomic mass is 9.87. The highest BCUT2D eigenvalue weighted by Gasteiger charge is 2.39. The summed E-state index contributed by atoms with van der Waals surface area (Å²) in [5.74, 6) is 1.94. The Kier molecular flexibility index (Phi) is 6.47. The molecule has 6 rings (SSSR count). The summed E-state index contributed by atoms with van der Waals surface area (Å²) >= 11 is 0. The maximum atomic E-state index is 13.2. The van der Waals surface area contributed by atoms with Crippen molar-refractivity contribution in [3.63, 3.8) is 0 Å². The van der Waals surface area contributed by atoms with Gasteiger partial charge in [0.25, 0.3) is 5.91 Å². The van der Waals surface area contributed by atoms with Gasteiger partial charge in [0.15, 0.2) is 5.76 Å². The first kappa shape index (κ1) is 23.8. The Morgan fingerprint density at radius 3 is 2.51 bits per heavy atom. The smallest absolute Gasteiger partial charge is 0.289 e. The van der Waals surface area contributed by atoms with E-state index in [2.05, 4.69) is 48.2 Å². The van der Waals surface area contributed by atoms with Crippen molar-refractivity contribution < 1.29 is 23.5 Å². The van der Waals surface area contributed by atoms with Gasteiger partial charge in [0.1, 0.15) is 18.1 Å². The van der Waals surface area contributed by atoms with E-state index < -0.39 is 0 Å². The average molecular weight is 501 g/mol. The Labute approximate surface area is 217 Å². The molecule has 2 aromatic carbocycles. The number of furan rings is 1. The molecule has 2 aliphatic heterocycles. The molecule has 1 atom stereocenters. The van der Waals surface area contributed by atoms with Gasteiger partial charge in [0, 0.05) is 25.6 Å². The van der Waals surface area contributed by atoms with Gasteiger partial charge in [-0.05, 0) is 67.1 Å². The average Bonchev–Trinajstić information content (AvgIpc) is 3.68. The van der Waals surface area contributed by atoms with E-state index in [1.165, 1.54) is 11.1 Å². The summed E-state index contributed by atoms with van der Waals surface area (Å²) in [5, 5.41) is 0. The molecule has 37 heavy (non-hydrogen) atoms. The number of morpholine rings is 1. The van der Waals surface area contributed by atoms with Crippen molar-refractivity contribution in [2.24, 2.45) is 5.92 Å². The predicted octanol–water partition coefficient (Wildman–Crippen LogP) is 4.52. The second-order valence-corrected chi connectivity index (χ2v) is 10.2. The molecule has 1 aliphatic carbocycles. The number of ether oxygens (including phenoxy) is 2. The van der Waals surface area contributed by atoms with Crippen molar-refractivity contribution in [2.75, 3.05) is 32.8 Å². The van der Waals surface area contributed by atoms with E-state index in [9.17, 15) is 9.59 Å². The topological polar surface area (TPSA) is 72.2 Å². The summed E-state index contributed by atoms with van der Waals surface area (Å²) in [6.45, 7) is 5.27. The van der Waals surface area contributed by atoms with Crippen molar-refractivity contribution in [3.05, 3.63) is 88.4 Å². The molecule has 7 heteroatoms. The zero-order valence-electron chi connectivity index (χ0n) is 21.2. The van der Waals surface area contributed by atoms with E-state index in [1.807, 2.05) is 6.07 Å². The van der Waals surface area contributed by atoms with Gasteiger partial charge in [-0.25, -0.2) is 0 Å². The van der Waals surface area contributed by atoms with E-state index in [-0.39, 0.29) is 30.4 Å². The SMILES string of the molecule is Cc1ccc([C@@H]2c3cc(OCc4ccc(C(=O)N5CCOCC5)o4)ccc3CCN2C(=O)C2CC2)cc1. The molecule has 0 radical (unpaired) electrons. The third kappa shape index (κ3) is 5.01. The predicted molar refractivity (Wildman–Crippen MR) is 137 cm³/mol. The van der Waals surface area contributed by atoms with E-state index in [4.69, 9.17) is 13.9 Å². The van der Waals surface area contributed by atoms with Gasteiger partial charge in [-0.1, -0.05) is 35.9 Å². The van der Waals surface area contributed by atoms with Crippen molar-refractivity contribution in [1.29, 1.82) is 0 Å². The lowest BCUT2D eigenvalue weighted by molar-refractivity contribution is -0.134. The van der Waals surface area contributed by atoms with Crippen molar-refractivity contribution >= 4 is 11.8 Å². The standard InChI is InChI=1S/C30H32N2O5/c1-20-2-4-22(5-3-20)28-26-18-24(9-8-21(26)12-13-32(28)29(33)23-6-7-23)36-19-25-10-11-27(37-25)30(34)31-14-16-35-17-15-31/h2-5,8-11,18,23,28H,6-7,12-17,19H2,1H3/t28-/m1/s1. The summed E-state index contributed by atoms with van der Waals surface area (Å²) in [6, 6.07) is 18.0. The van der Waals surface area contributed by atoms with Gasteiger partial charge >= 0.3 is 0 Å². The molecule has 2 fully saturated rings. The monoisotopic (exact) mass is 500 g/mol. The first-order valence-corrected chi connectivity index (χ1v) is 13.2. The summed E-state index contributed by atoms with van der Waals surface area (Å²) in [5.41, 5.74) is 4.68. The number of amides is 2. The lowest BCUT2D eigenvalue weighted by Gasteiger charge is -2.38. The Balaban J connectivity index is 1.21. The molecule has 1 saturated carbocycles. The molecule has 1 aromatic heterocycles. The number of fused-ring (bicyclic) bond motifs is 1. The molecule has 192 valence electrons.